The molecule has 0 aromatic carbocycles. The summed E-state index contributed by atoms with van der Waals surface area (Å²) in [7, 11) is 2.77. The summed E-state index contributed by atoms with van der Waals surface area (Å²) in [6.45, 7) is 1.61. The van der Waals surface area contributed by atoms with E-state index in [4.69, 9.17) is 4.74 Å². The Bertz CT molecular complexity index is 244. The molecule has 1 rings (SSSR count). The smallest absolute Gasteiger partial charge is 0.329 e. The first kappa shape index (κ1) is 11.9. The zero-order valence-electron chi connectivity index (χ0n) is 8.99. The van der Waals surface area contributed by atoms with Crippen molar-refractivity contribution in [3.8, 4) is 0 Å². The van der Waals surface area contributed by atoms with Crippen molar-refractivity contribution in [2.75, 3.05) is 40.5 Å². The Morgan fingerprint density at radius 3 is 2.80 bits per heavy atom. The Kier molecular flexibility index (Phi) is 4.51. The number of nitrogens with one attached hydrogen (secondary N) is 1. The second-order valence-electron chi connectivity index (χ2n) is 3.26. The van der Waals surface area contributed by atoms with Gasteiger partial charge in [-0.3, -0.25) is 4.79 Å². The van der Waals surface area contributed by atoms with Crippen molar-refractivity contribution >= 4 is 11.9 Å². The van der Waals surface area contributed by atoms with Crippen LogP contribution in [0.1, 0.15) is 0 Å². The van der Waals surface area contributed by atoms with Crippen LogP contribution in [0.3, 0.4) is 0 Å². The van der Waals surface area contributed by atoms with Gasteiger partial charge in [-0.05, 0) is 0 Å². The molecule has 15 heavy (non-hydrogen) atoms. The van der Waals surface area contributed by atoms with Crippen molar-refractivity contribution in [3.05, 3.63) is 0 Å². The largest absolute Gasteiger partial charge is 0.467 e. The lowest BCUT2D eigenvalue weighted by atomic mass is 10.2. The van der Waals surface area contributed by atoms with Gasteiger partial charge in [0.05, 0.1) is 7.11 Å². The molecule has 0 aromatic rings. The minimum absolute atomic E-state index is 0.00645. The average Bonchev–Trinajstić information content (AvgIpc) is 2.28. The SMILES string of the molecule is COCC(=O)N1CCNC[C@@H]1C(=O)OC. The van der Waals surface area contributed by atoms with E-state index in [1.165, 1.54) is 19.1 Å². The number of esters is 1. The van der Waals surface area contributed by atoms with Gasteiger partial charge < -0.3 is 19.7 Å². The van der Waals surface area contributed by atoms with Crippen LogP contribution in [0.4, 0.5) is 0 Å². The maximum absolute atomic E-state index is 11.6. The number of carbonyl (C=O) groups excluding carboxylic acids is 2. The third-order valence-corrected chi connectivity index (χ3v) is 2.30. The molecule has 6 heteroatoms. The molecule has 1 aliphatic rings. The van der Waals surface area contributed by atoms with Crippen molar-refractivity contribution in [2.45, 2.75) is 6.04 Å². The maximum Gasteiger partial charge on any atom is 0.329 e. The zero-order valence-corrected chi connectivity index (χ0v) is 8.99. The normalized spacial score (nSPS) is 21.2. The lowest BCUT2D eigenvalue weighted by Crippen LogP contribution is -2.58. The van der Waals surface area contributed by atoms with Crippen LogP contribution in [0, 0.1) is 0 Å². The monoisotopic (exact) mass is 216 g/mol. The van der Waals surface area contributed by atoms with E-state index < -0.39 is 12.0 Å². The van der Waals surface area contributed by atoms with Gasteiger partial charge in [-0.15, -0.1) is 0 Å². The van der Waals surface area contributed by atoms with E-state index in [9.17, 15) is 9.59 Å². The summed E-state index contributed by atoms with van der Waals surface area (Å²) in [5.41, 5.74) is 0. The van der Waals surface area contributed by atoms with Gasteiger partial charge in [0.25, 0.3) is 0 Å². The first-order valence-electron chi connectivity index (χ1n) is 4.77. The lowest BCUT2D eigenvalue weighted by Gasteiger charge is -2.34. The zero-order chi connectivity index (χ0) is 11.3. The number of nitrogens with zero attached hydrogens (tertiary/aromatic N) is 1. The highest BCUT2D eigenvalue weighted by Gasteiger charge is 2.32. The number of amides is 1. The summed E-state index contributed by atoms with van der Waals surface area (Å²) in [4.78, 5) is 24.5. The molecule has 1 amide bonds. The average molecular weight is 216 g/mol. The Hall–Kier alpha value is -1.14. The predicted octanol–water partition coefficient (Wildman–Crippen LogP) is -1.39. The van der Waals surface area contributed by atoms with Crippen molar-refractivity contribution in [1.29, 1.82) is 0 Å². The van der Waals surface area contributed by atoms with Gasteiger partial charge in [0.2, 0.25) is 5.91 Å². The van der Waals surface area contributed by atoms with Crippen molar-refractivity contribution < 1.29 is 19.1 Å². The molecule has 1 aliphatic heterocycles. The number of methoxy groups -OCH3 is 2. The van der Waals surface area contributed by atoms with E-state index >= 15 is 0 Å². The summed E-state index contributed by atoms with van der Waals surface area (Å²) >= 11 is 0. The molecule has 0 aliphatic carbocycles. The van der Waals surface area contributed by atoms with Gasteiger partial charge in [0.15, 0.2) is 0 Å². The Labute approximate surface area is 88.5 Å². The molecule has 86 valence electrons. The molecule has 1 fully saturated rings. The van der Waals surface area contributed by atoms with E-state index in [-0.39, 0.29) is 12.5 Å². The molecule has 1 saturated heterocycles. The molecule has 0 unspecified atom stereocenters. The molecule has 0 spiro atoms. The van der Waals surface area contributed by atoms with E-state index in [1.807, 2.05) is 0 Å². The number of hydrogen-bond acceptors (Lipinski definition) is 5. The first-order valence-corrected chi connectivity index (χ1v) is 4.77. The molecule has 0 radical (unpaired) electrons. The van der Waals surface area contributed by atoms with Gasteiger partial charge in [-0.2, -0.15) is 0 Å². The predicted molar refractivity (Wildman–Crippen MR) is 52.3 cm³/mol. The highest BCUT2D eigenvalue weighted by molar-refractivity contribution is 5.85. The molecular weight excluding hydrogens is 200 g/mol. The number of hydrogen-bond donors (Lipinski definition) is 1. The van der Waals surface area contributed by atoms with Gasteiger partial charge in [-0.25, -0.2) is 4.79 Å². The minimum atomic E-state index is -0.536. The van der Waals surface area contributed by atoms with Crippen molar-refractivity contribution in [3.63, 3.8) is 0 Å². The van der Waals surface area contributed by atoms with Gasteiger partial charge in [-0.1, -0.05) is 0 Å². The van der Waals surface area contributed by atoms with Crippen LogP contribution >= 0.6 is 0 Å². The number of piperazine rings is 1. The molecule has 1 atom stereocenters. The highest BCUT2D eigenvalue weighted by Crippen LogP contribution is 2.05. The fourth-order valence-electron chi connectivity index (χ4n) is 1.56. The van der Waals surface area contributed by atoms with Crippen molar-refractivity contribution in [2.24, 2.45) is 0 Å². The van der Waals surface area contributed by atoms with E-state index in [0.29, 0.717) is 19.6 Å². The lowest BCUT2D eigenvalue weighted by molar-refractivity contribution is -0.155. The third kappa shape index (κ3) is 2.90. The second kappa shape index (κ2) is 5.67. The molecule has 6 nitrogen and oxygen atoms in total. The standard InChI is InChI=1S/C9H16N2O4/c1-14-6-8(12)11-4-3-10-5-7(11)9(13)15-2/h7,10H,3-6H2,1-2H3/t7-/m1/s1. The molecule has 0 bridgehead atoms. The summed E-state index contributed by atoms with van der Waals surface area (Å²) in [5, 5.41) is 3.04. The summed E-state index contributed by atoms with van der Waals surface area (Å²) in [6, 6.07) is -0.536. The first-order chi connectivity index (χ1) is 7.20. The van der Waals surface area contributed by atoms with E-state index in [2.05, 4.69) is 10.1 Å². The van der Waals surface area contributed by atoms with Crippen molar-refractivity contribution in [1.82, 2.24) is 10.2 Å². The van der Waals surface area contributed by atoms with Crippen LogP contribution < -0.4 is 5.32 Å². The highest BCUT2D eigenvalue weighted by atomic mass is 16.5. The summed E-state index contributed by atoms with van der Waals surface area (Å²) in [6.07, 6.45) is 0. The van der Waals surface area contributed by atoms with Gasteiger partial charge >= 0.3 is 5.97 Å². The summed E-state index contributed by atoms with van der Waals surface area (Å²) < 4.78 is 9.39. The number of ether oxygens (including phenoxy) is 2. The van der Waals surface area contributed by atoms with Gasteiger partial charge in [0.1, 0.15) is 12.6 Å². The van der Waals surface area contributed by atoms with Crippen LogP contribution in [0.2, 0.25) is 0 Å². The fraction of sp³-hybridized carbons (Fsp3) is 0.778. The Morgan fingerprint density at radius 1 is 1.47 bits per heavy atom. The molecule has 0 aromatic heterocycles. The minimum Gasteiger partial charge on any atom is -0.467 e. The molecule has 0 saturated carbocycles. The van der Waals surface area contributed by atoms with Gasteiger partial charge in [0, 0.05) is 26.7 Å². The van der Waals surface area contributed by atoms with E-state index in [0.717, 1.165) is 0 Å². The molecule has 1 heterocycles. The topological polar surface area (TPSA) is 67.9 Å². The Balaban J connectivity index is 2.65. The third-order valence-electron chi connectivity index (χ3n) is 2.30. The number of carbonyl (C=O) groups is 2. The molecule has 1 N–H and O–H groups in total. The van der Waals surface area contributed by atoms with Crippen LogP contribution in [0.25, 0.3) is 0 Å². The fourth-order valence-corrected chi connectivity index (χ4v) is 1.56. The number of rotatable bonds is 3. The van der Waals surface area contributed by atoms with Crippen LogP contribution in [-0.2, 0) is 19.1 Å². The van der Waals surface area contributed by atoms with E-state index in [1.54, 1.807) is 0 Å². The van der Waals surface area contributed by atoms with Crippen LogP contribution in [-0.4, -0.2) is 63.3 Å². The van der Waals surface area contributed by atoms with Crippen LogP contribution in [0.5, 0.6) is 0 Å². The molecular formula is C9H16N2O4. The quantitative estimate of drug-likeness (QED) is 0.588. The second-order valence-corrected chi connectivity index (χ2v) is 3.26. The maximum atomic E-state index is 11.6. The summed E-state index contributed by atoms with van der Waals surface area (Å²) in [5.74, 6) is -0.582. The van der Waals surface area contributed by atoms with Crippen LogP contribution in [0.15, 0.2) is 0 Å². The Morgan fingerprint density at radius 2 is 2.20 bits per heavy atom.